The fourth-order valence-electron chi connectivity index (χ4n) is 7.00. The SMILES string of the molecule is CC(/C=C/C(O)=C1\C(=O)[C@H]([C@H](C)C(=O)N(C)C)N([C@@H]2CC[C@H](O)[C@H](C)O2)C1=O)=C\[C@@H](C)[C@H]1O[C@@]2(C)O[C@H](C=C[C@@]23CO3)[C@@H]1C. The second kappa shape index (κ2) is 11.8. The van der Waals surface area contributed by atoms with E-state index < -0.39 is 59.2 Å². The molecule has 0 unspecified atom stereocenters. The summed E-state index contributed by atoms with van der Waals surface area (Å²) in [5.41, 5.74) is -0.118. The molecule has 2 amide bonds. The maximum absolute atomic E-state index is 13.7. The Morgan fingerprint density at radius 3 is 2.45 bits per heavy atom. The molecule has 5 heterocycles. The molecule has 2 bridgehead atoms. The number of ketones is 1. The van der Waals surface area contributed by atoms with Crippen LogP contribution in [-0.2, 0) is 33.3 Å². The average molecular weight is 615 g/mol. The third-order valence-electron chi connectivity index (χ3n) is 9.84. The lowest BCUT2D eigenvalue weighted by Gasteiger charge is -2.51. The molecular formula is C33H46N2O9. The fraction of sp³-hybridized carbons (Fsp3) is 0.667. The molecule has 0 aromatic heterocycles. The Balaban J connectivity index is 1.37. The molecular weight excluding hydrogens is 568 g/mol. The van der Waals surface area contributed by atoms with Crippen molar-refractivity contribution in [3.05, 3.63) is 47.3 Å². The van der Waals surface area contributed by atoms with Crippen molar-refractivity contribution in [2.24, 2.45) is 17.8 Å². The number of hydrogen-bond donors (Lipinski definition) is 2. The molecule has 11 heteroatoms. The second-order valence-corrected chi connectivity index (χ2v) is 13.4. The summed E-state index contributed by atoms with van der Waals surface area (Å²) in [6.07, 6.45) is 7.48. The van der Waals surface area contributed by atoms with Gasteiger partial charge < -0.3 is 39.0 Å². The standard InChI is InChI=1S/C33H46N2O9/c1-17(15-18(2)29-19(3)24-13-14-33(16-41-33)32(6,43-24)44-29)9-10-23(37)26-28(38)27(20(4)30(39)34(7)8)35(31(26)40)25-12-11-22(36)21(5)42-25/h9-10,13-15,18-22,24-25,27,29,36-37H,11-12,16H2,1-8H3/b10-9+,17-15+,26-23-/t18-,19+,20+,21+,22+,24-,25+,27+,29-,32-,33-/m1/s1. The monoisotopic (exact) mass is 614 g/mol. The molecule has 0 aromatic rings. The van der Waals surface area contributed by atoms with Crippen molar-refractivity contribution in [3.8, 4) is 0 Å². The topological polar surface area (TPSA) is 138 Å². The molecule has 11 nitrogen and oxygen atoms in total. The van der Waals surface area contributed by atoms with Gasteiger partial charge in [-0.05, 0) is 45.8 Å². The smallest absolute Gasteiger partial charge is 0.264 e. The summed E-state index contributed by atoms with van der Waals surface area (Å²) in [4.78, 5) is 43.0. The van der Waals surface area contributed by atoms with Gasteiger partial charge in [-0.3, -0.25) is 14.4 Å². The summed E-state index contributed by atoms with van der Waals surface area (Å²) >= 11 is 0. The number of carbonyl (C=O) groups excluding carboxylic acids is 3. The van der Waals surface area contributed by atoms with Crippen molar-refractivity contribution in [3.63, 3.8) is 0 Å². The van der Waals surface area contributed by atoms with Crippen LogP contribution >= 0.6 is 0 Å². The van der Waals surface area contributed by atoms with Gasteiger partial charge in [-0.25, -0.2) is 0 Å². The maximum Gasteiger partial charge on any atom is 0.264 e. The summed E-state index contributed by atoms with van der Waals surface area (Å²) in [6, 6.07) is -1.15. The van der Waals surface area contributed by atoms with Crippen LogP contribution in [0.5, 0.6) is 0 Å². The van der Waals surface area contributed by atoms with E-state index >= 15 is 0 Å². The zero-order valence-electron chi connectivity index (χ0n) is 26.9. The average Bonchev–Trinajstić information content (AvgIpc) is 3.71. The number of fused-ring (bicyclic) bond motifs is 3. The predicted octanol–water partition coefficient (Wildman–Crippen LogP) is 2.80. The van der Waals surface area contributed by atoms with E-state index in [1.807, 2.05) is 19.9 Å². The lowest BCUT2D eigenvalue weighted by Crippen LogP contribution is -2.61. The van der Waals surface area contributed by atoms with Crippen LogP contribution < -0.4 is 0 Å². The number of allylic oxidation sites excluding steroid dienone is 3. The minimum Gasteiger partial charge on any atom is -0.507 e. The molecule has 5 aliphatic rings. The van der Waals surface area contributed by atoms with Gasteiger partial charge in [0.2, 0.25) is 11.7 Å². The maximum atomic E-state index is 13.7. The summed E-state index contributed by atoms with van der Waals surface area (Å²) < 4.78 is 24.4. The number of hydrogen-bond acceptors (Lipinski definition) is 9. The lowest BCUT2D eigenvalue weighted by atomic mass is 9.82. The molecule has 2 N–H and O–H groups in total. The number of likely N-dealkylation sites (tertiary alicyclic amines) is 1. The van der Waals surface area contributed by atoms with Gasteiger partial charge in [0.05, 0.1) is 36.9 Å². The molecule has 4 fully saturated rings. The third-order valence-corrected chi connectivity index (χ3v) is 9.84. The van der Waals surface area contributed by atoms with Gasteiger partial charge in [-0.15, -0.1) is 0 Å². The largest absolute Gasteiger partial charge is 0.507 e. The molecule has 0 aliphatic carbocycles. The van der Waals surface area contributed by atoms with E-state index in [4.69, 9.17) is 18.9 Å². The molecule has 44 heavy (non-hydrogen) atoms. The predicted molar refractivity (Wildman–Crippen MR) is 160 cm³/mol. The van der Waals surface area contributed by atoms with Crippen LogP contribution in [0, 0.1) is 17.8 Å². The highest BCUT2D eigenvalue weighted by atomic mass is 16.8. The molecule has 5 aliphatic heterocycles. The molecule has 5 rings (SSSR count). The first-order valence-electron chi connectivity index (χ1n) is 15.5. The second-order valence-electron chi connectivity index (χ2n) is 13.4. The Kier molecular flexibility index (Phi) is 8.76. The van der Waals surface area contributed by atoms with Crippen LogP contribution in [0.15, 0.2) is 47.3 Å². The van der Waals surface area contributed by atoms with Crippen molar-refractivity contribution in [2.45, 2.75) is 102 Å². The highest BCUT2D eigenvalue weighted by molar-refractivity contribution is 6.27. The van der Waals surface area contributed by atoms with E-state index in [9.17, 15) is 24.6 Å². The van der Waals surface area contributed by atoms with E-state index in [-0.39, 0.29) is 35.5 Å². The van der Waals surface area contributed by atoms with Crippen LogP contribution in [0.4, 0.5) is 0 Å². The number of aliphatic hydroxyl groups excluding tert-OH is 2. The Hall–Kier alpha value is -2.83. The normalized spacial score (nSPS) is 41.3. The number of ether oxygens (including phenoxy) is 4. The van der Waals surface area contributed by atoms with Gasteiger partial charge in [0, 0.05) is 25.9 Å². The highest BCUT2D eigenvalue weighted by Crippen LogP contribution is 2.52. The summed E-state index contributed by atoms with van der Waals surface area (Å²) in [5.74, 6) is -3.81. The van der Waals surface area contributed by atoms with Crippen LogP contribution in [0.1, 0.15) is 54.4 Å². The number of rotatable bonds is 7. The number of epoxide rings is 1. The fourth-order valence-corrected chi connectivity index (χ4v) is 7.00. The lowest BCUT2D eigenvalue weighted by molar-refractivity contribution is -0.346. The zero-order chi connectivity index (χ0) is 32.3. The zero-order valence-corrected chi connectivity index (χ0v) is 26.9. The van der Waals surface area contributed by atoms with Gasteiger partial charge in [-0.2, -0.15) is 0 Å². The minimum atomic E-state index is -1.15. The van der Waals surface area contributed by atoms with Crippen molar-refractivity contribution >= 4 is 17.6 Å². The van der Waals surface area contributed by atoms with Crippen molar-refractivity contribution in [2.75, 3.05) is 20.7 Å². The molecule has 1 spiro atoms. The molecule has 4 saturated heterocycles. The van der Waals surface area contributed by atoms with Crippen molar-refractivity contribution in [1.29, 1.82) is 0 Å². The molecule has 0 radical (unpaired) electrons. The molecule has 0 aromatic carbocycles. The van der Waals surface area contributed by atoms with Gasteiger partial charge in [-0.1, -0.05) is 44.6 Å². The van der Waals surface area contributed by atoms with E-state index in [1.54, 1.807) is 34.0 Å². The first kappa shape index (κ1) is 32.6. The third kappa shape index (κ3) is 5.58. The Morgan fingerprint density at radius 1 is 1.16 bits per heavy atom. The van der Waals surface area contributed by atoms with Crippen LogP contribution in [0.2, 0.25) is 0 Å². The van der Waals surface area contributed by atoms with Crippen LogP contribution in [0.25, 0.3) is 0 Å². The Labute approximate surface area is 259 Å². The summed E-state index contributed by atoms with van der Waals surface area (Å²) in [7, 11) is 3.17. The molecule has 242 valence electrons. The van der Waals surface area contributed by atoms with Gasteiger partial charge >= 0.3 is 0 Å². The highest BCUT2D eigenvalue weighted by Gasteiger charge is 2.66. The summed E-state index contributed by atoms with van der Waals surface area (Å²) in [5, 5.41) is 21.2. The van der Waals surface area contributed by atoms with E-state index in [2.05, 4.69) is 26.0 Å². The van der Waals surface area contributed by atoms with Crippen molar-refractivity contribution < 1.29 is 43.5 Å². The molecule has 11 atom stereocenters. The summed E-state index contributed by atoms with van der Waals surface area (Å²) in [6.45, 7) is 11.8. The van der Waals surface area contributed by atoms with E-state index in [0.29, 0.717) is 19.4 Å². The number of Topliss-reactive ketones (excluding diaryl/α,β-unsaturated/α-hetero) is 1. The minimum absolute atomic E-state index is 0.0224. The number of nitrogens with zero attached hydrogens (tertiary/aromatic N) is 2. The first-order chi connectivity index (χ1) is 20.6. The van der Waals surface area contributed by atoms with E-state index in [1.165, 1.54) is 15.9 Å². The number of aliphatic hydroxyl groups is 2. The van der Waals surface area contributed by atoms with Gasteiger partial charge in [0.1, 0.15) is 23.6 Å². The first-order valence-corrected chi connectivity index (χ1v) is 15.5. The quantitative estimate of drug-likeness (QED) is 0.111. The van der Waals surface area contributed by atoms with Gasteiger partial charge in [0.15, 0.2) is 11.4 Å². The number of amides is 2. The van der Waals surface area contributed by atoms with Crippen LogP contribution in [-0.4, -0.2) is 106 Å². The Morgan fingerprint density at radius 2 is 1.84 bits per heavy atom. The van der Waals surface area contributed by atoms with Gasteiger partial charge in [0.25, 0.3) is 5.91 Å². The number of carbonyl (C=O) groups is 3. The van der Waals surface area contributed by atoms with Crippen LogP contribution in [0.3, 0.4) is 0 Å². The Bertz CT molecular complexity index is 1310. The van der Waals surface area contributed by atoms with E-state index in [0.717, 1.165) is 5.57 Å². The van der Waals surface area contributed by atoms with Crippen molar-refractivity contribution in [1.82, 2.24) is 9.80 Å². The molecule has 0 saturated carbocycles.